The molecule has 1 heterocycles. The number of aliphatic hydroxyl groups excluding tert-OH is 1. The van der Waals surface area contributed by atoms with E-state index in [1.54, 1.807) is 6.08 Å². The van der Waals surface area contributed by atoms with Crippen molar-refractivity contribution in [3.8, 4) is 0 Å². The van der Waals surface area contributed by atoms with E-state index in [2.05, 4.69) is 5.32 Å². The molecule has 0 saturated carbocycles. The Morgan fingerprint density at radius 2 is 2.38 bits per heavy atom. The van der Waals surface area contributed by atoms with E-state index in [0.717, 1.165) is 6.42 Å². The van der Waals surface area contributed by atoms with Crippen LogP contribution >= 0.6 is 0 Å². The summed E-state index contributed by atoms with van der Waals surface area (Å²) in [5, 5.41) is 11.4. The number of rotatable bonds is 1. The summed E-state index contributed by atoms with van der Waals surface area (Å²) in [7, 11) is 0. The van der Waals surface area contributed by atoms with Gasteiger partial charge in [0.25, 0.3) is 0 Å². The Hall–Kier alpha value is -1.16. The van der Waals surface area contributed by atoms with E-state index in [1.165, 1.54) is 0 Å². The maximum Gasteiger partial charge on any atom is 0.239 e. The van der Waals surface area contributed by atoms with Gasteiger partial charge in [0.05, 0.1) is 12.5 Å². The van der Waals surface area contributed by atoms with Gasteiger partial charge in [0.1, 0.15) is 5.41 Å². The van der Waals surface area contributed by atoms with Crippen LogP contribution in [0.2, 0.25) is 0 Å². The van der Waals surface area contributed by atoms with E-state index in [-0.39, 0.29) is 24.3 Å². The van der Waals surface area contributed by atoms with Crippen LogP contribution in [0.15, 0.2) is 12.2 Å². The smallest absolute Gasteiger partial charge is 0.239 e. The third-order valence-electron chi connectivity index (χ3n) is 2.90. The van der Waals surface area contributed by atoms with Crippen molar-refractivity contribution >= 4 is 11.8 Å². The number of hydrogen-bond donors (Lipinski definition) is 2. The summed E-state index contributed by atoms with van der Waals surface area (Å²) in [6.45, 7) is -0.286. The van der Waals surface area contributed by atoms with Gasteiger partial charge < -0.3 is 5.11 Å². The largest absolute Gasteiger partial charge is 0.395 e. The van der Waals surface area contributed by atoms with Gasteiger partial charge in [-0.25, -0.2) is 0 Å². The van der Waals surface area contributed by atoms with E-state index < -0.39 is 5.41 Å². The van der Waals surface area contributed by atoms with Crippen molar-refractivity contribution in [3.05, 3.63) is 12.2 Å². The minimum absolute atomic E-state index is 0.247. The normalized spacial score (nSPS) is 37.5. The molecule has 70 valence electrons. The number of aliphatic hydroxyl groups is 1. The van der Waals surface area contributed by atoms with Crippen molar-refractivity contribution in [3.63, 3.8) is 0 Å². The first kappa shape index (κ1) is 8.44. The number of nitrogens with one attached hydrogen (secondary N) is 1. The summed E-state index contributed by atoms with van der Waals surface area (Å²) in [5.41, 5.74) is -0.963. The molecular weight excluding hydrogens is 170 g/mol. The highest BCUT2D eigenvalue weighted by molar-refractivity contribution is 6.08. The number of carbonyl (C=O) groups excluding carboxylic acids is 2. The van der Waals surface area contributed by atoms with Gasteiger partial charge in [-0.3, -0.25) is 14.9 Å². The van der Waals surface area contributed by atoms with Crippen molar-refractivity contribution in [2.45, 2.75) is 12.8 Å². The van der Waals surface area contributed by atoms with Gasteiger partial charge in [-0.2, -0.15) is 0 Å². The average Bonchev–Trinajstić information content (AvgIpc) is 2.41. The lowest BCUT2D eigenvalue weighted by atomic mass is 9.72. The second-order valence-electron chi connectivity index (χ2n) is 3.55. The first-order valence-corrected chi connectivity index (χ1v) is 4.34. The molecule has 2 aliphatic rings. The minimum Gasteiger partial charge on any atom is -0.395 e. The lowest BCUT2D eigenvalue weighted by molar-refractivity contribution is -0.128. The zero-order valence-corrected chi connectivity index (χ0v) is 7.12. The van der Waals surface area contributed by atoms with E-state index in [1.807, 2.05) is 6.08 Å². The third kappa shape index (κ3) is 0.951. The second-order valence-corrected chi connectivity index (χ2v) is 3.55. The highest BCUT2D eigenvalue weighted by Gasteiger charge is 2.53. The molecule has 0 aromatic heterocycles. The highest BCUT2D eigenvalue weighted by atomic mass is 16.3. The maximum atomic E-state index is 11.4. The lowest BCUT2D eigenvalue weighted by Crippen LogP contribution is -2.38. The molecule has 0 aromatic carbocycles. The summed E-state index contributed by atoms with van der Waals surface area (Å²) in [4.78, 5) is 22.7. The Bertz CT molecular complexity index is 297. The molecule has 13 heavy (non-hydrogen) atoms. The van der Waals surface area contributed by atoms with Gasteiger partial charge in [-0.05, 0) is 12.8 Å². The number of amides is 2. The van der Waals surface area contributed by atoms with Crippen LogP contribution in [0.25, 0.3) is 0 Å². The molecule has 4 nitrogen and oxygen atoms in total. The first-order chi connectivity index (χ1) is 6.20. The lowest BCUT2D eigenvalue weighted by Gasteiger charge is -2.28. The van der Waals surface area contributed by atoms with Gasteiger partial charge in [0, 0.05) is 0 Å². The summed E-state index contributed by atoms with van der Waals surface area (Å²) >= 11 is 0. The molecule has 2 unspecified atom stereocenters. The quantitative estimate of drug-likeness (QED) is 0.427. The van der Waals surface area contributed by atoms with Crippen LogP contribution < -0.4 is 5.32 Å². The molecule has 2 rings (SSSR count). The zero-order valence-electron chi connectivity index (χ0n) is 7.12. The maximum absolute atomic E-state index is 11.4. The Morgan fingerprint density at radius 3 is 3.00 bits per heavy atom. The summed E-state index contributed by atoms with van der Waals surface area (Å²) in [5.74, 6) is -0.973. The zero-order chi connectivity index (χ0) is 9.47. The minimum atomic E-state index is -0.963. The van der Waals surface area contributed by atoms with Crippen LogP contribution in [0.4, 0.5) is 0 Å². The van der Waals surface area contributed by atoms with E-state index in [0.29, 0.717) is 6.42 Å². The monoisotopic (exact) mass is 181 g/mol. The number of hydrogen-bond acceptors (Lipinski definition) is 3. The van der Waals surface area contributed by atoms with Crippen LogP contribution in [-0.4, -0.2) is 23.5 Å². The van der Waals surface area contributed by atoms with Crippen LogP contribution in [0.5, 0.6) is 0 Å². The predicted octanol–water partition coefficient (Wildman–Crippen LogP) is -0.412. The fourth-order valence-corrected chi connectivity index (χ4v) is 2.08. The second kappa shape index (κ2) is 2.67. The molecule has 0 bridgehead atoms. The molecule has 0 spiro atoms. The first-order valence-electron chi connectivity index (χ1n) is 4.34. The Kier molecular flexibility index (Phi) is 1.73. The van der Waals surface area contributed by atoms with Crippen molar-refractivity contribution in [1.82, 2.24) is 5.32 Å². The van der Waals surface area contributed by atoms with Crippen molar-refractivity contribution < 1.29 is 14.7 Å². The molecule has 0 aromatic rings. The molecule has 2 atom stereocenters. The summed E-state index contributed by atoms with van der Waals surface area (Å²) in [6, 6.07) is 0. The van der Waals surface area contributed by atoms with Gasteiger partial charge in [-0.1, -0.05) is 12.2 Å². The van der Waals surface area contributed by atoms with Crippen LogP contribution in [0, 0.1) is 11.3 Å². The molecule has 1 fully saturated rings. The molecule has 0 radical (unpaired) electrons. The summed E-state index contributed by atoms with van der Waals surface area (Å²) in [6.07, 6.45) is 4.97. The fourth-order valence-electron chi connectivity index (χ4n) is 2.08. The molecule has 4 heteroatoms. The van der Waals surface area contributed by atoms with Crippen molar-refractivity contribution in [2.24, 2.45) is 11.3 Å². The standard InChI is InChI=1S/C9H11NO3/c11-5-9-4-2-1-3-6(9)7(12)10-8(9)13/h2,4,6,11H,1,3,5H2,(H,10,12,13). The number of imide groups is 1. The number of fused-ring (bicyclic) bond motifs is 1. The SMILES string of the molecule is O=C1NC(=O)C2(CO)C=CCCC12. The topological polar surface area (TPSA) is 66.4 Å². The third-order valence-corrected chi connectivity index (χ3v) is 2.90. The van der Waals surface area contributed by atoms with Crippen LogP contribution in [-0.2, 0) is 9.59 Å². The molecule has 1 saturated heterocycles. The van der Waals surface area contributed by atoms with Crippen LogP contribution in [0.1, 0.15) is 12.8 Å². The number of carbonyl (C=O) groups is 2. The Labute approximate surface area is 75.6 Å². The predicted molar refractivity (Wildman–Crippen MR) is 44.5 cm³/mol. The van der Waals surface area contributed by atoms with Gasteiger partial charge >= 0.3 is 0 Å². The van der Waals surface area contributed by atoms with E-state index in [4.69, 9.17) is 0 Å². The fraction of sp³-hybridized carbons (Fsp3) is 0.556. The molecule has 1 aliphatic carbocycles. The Balaban J connectivity index is 2.45. The van der Waals surface area contributed by atoms with Gasteiger partial charge in [0.2, 0.25) is 11.8 Å². The number of allylic oxidation sites excluding steroid dienone is 1. The Morgan fingerprint density at radius 1 is 1.62 bits per heavy atom. The molecule has 2 amide bonds. The van der Waals surface area contributed by atoms with E-state index >= 15 is 0 Å². The average molecular weight is 181 g/mol. The highest BCUT2D eigenvalue weighted by Crippen LogP contribution is 2.40. The molecular formula is C9H11NO3. The van der Waals surface area contributed by atoms with Crippen molar-refractivity contribution in [2.75, 3.05) is 6.61 Å². The summed E-state index contributed by atoms with van der Waals surface area (Å²) < 4.78 is 0. The van der Waals surface area contributed by atoms with Gasteiger partial charge in [-0.15, -0.1) is 0 Å². The van der Waals surface area contributed by atoms with Gasteiger partial charge in [0.15, 0.2) is 0 Å². The molecule has 1 aliphatic heterocycles. The van der Waals surface area contributed by atoms with Crippen molar-refractivity contribution in [1.29, 1.82) is 0 Å². The molecule has 2 N–H and O–H groups in total. The van der Waals surface area contributed by atoms with E-state index in [9.17, 15) is 14.7 Å². The van der Waals surface area contributed by atoms with Crippen LogP contribution in [0.3, 0.4) is 0 Å².